The molecule has 16 heteroatoms. The highest BCUT2D eigenvalue weighted by Gasteiger charge is 2.54. The first-order chi connectivity index (χ1) is 21.5. The van der Waals surface area contributed by atoms with Crippen molar-refractivity contribution < 1.29 is 37.8 Å². The molecule has 1 saturated heterocycles. The lowest BCUT2D eigenvalue weighted by Gasteiger charge is -2.26. The summed E-state index contributed by atoms with van der Waals surface area (Å²) in [4.78, 5) is 49.5. The van der Waals surface area contributed by atoms with Crippen LogP contribution in [0.25, 0.3) is 0 Å². The number of thioether (sulfide) groups is 1. The van der Waals surface area contributed by atoms with Crippen LogP contribution in [0, 0.1) is 11.3 Å². The molecule has 1 aliphatic heterocycles. The van der Waals surface area contributed by atoms with Crippen molar-refractivity contribution in [2.24, 2.45) is 17.1 Å². The van der Waals surface area contributed by atoms with Crippen molar-refractivity contribution in [3.63, 3.8) is 0 Å². The lowest BCUT2D eigenvalue weighted by molar-refractivity contribution is -0.150. The Morgan fingerprint density at radius 1 is 1.22 bits per heavy atom. The number of esters is 1. The predicted octanol–water partition coefficient (Wildman–Crippen LogP) is 3.07. The van der Waals surface area contributed by atoms with Crippen LogP contribution in [0.3, 0.4) is 0 Å². The number of aromatic amines is 1. The Bertz CT molecular complexity index is 1500. The number of H-pyrrole nitrogens is 1. The number of aliphatic hydroxyl groups is 1. The van der Waals surface area contributed by atoms with Crippen LogP contribution < -0.4 is 17.0 Å². The molecule has 0 spiro atoms. The molecule has 0 aliphatic carbocycles. The number of nitrogens with zero attached hydrogens (tertiary/aromatic N) is 1. The number of carbonyl (C=O) groups is 2. The van der Waals surface area contributed by atoms with Crippen LogP contribution in [0.4, 0.5) is 0 Å². The van der Waals surface area contributed by atoms with Crippen LogP contribution in [0.15, 0.2) is 52.2 Å². The normalized spacial score (nSPS) is 23.6. The quantitative estimate of drug-likeness (QED) is 0.100. The number of hydrogen-bond acceptors (Lipinski definition) is 12. The van der Waals surface area contributed by atoms with E-state index in [4.69, 9.17) is 35.9 Å². The van der Waals surface area contributed by atoms with Crippen LogP contribution in [-0.4, -0.2) is 80.6 Å². The molecule has 0 radical (unpaired) electrons. The summed E-state index contributed by atoms with van der Waals surface area (Å²) in [6.45, 7) is 7.74. The topological polar surface area (TPSA) is 189 Å². The highest BCUT2D eigenvalue weighted by molar-refractivity contribution is 8.13. The minimum atomic E-state index is -3.82. The second kappa shape index (κ2) is 16.2. The first kappa shape index (κ1) is 38.2. The first-order valence-corrected chi connectivity index (χ1v) is 17.9. The number of aryl methyl sites for hydroxylation is 1. The van der Waals surface area contributed by atoms with Gasteiger partial charge in [-0.3, -0.25) is 28.5 Å². The minimum absolute atomic E-state index is 0.00303. The van der Waals surface area contributed by atoms with E-state index < -0.39 is 59.6 Å². The lowest BCUT2D eigenvalue weighted by Crippen LogP contribution is -2.42. The summed E-state index contributed by atoms with van der Waals surface area (Å²) in [7, 11) is -3.82. The van der Waals surface area contributed by atoms with Gasteiger partial charge >= 0.3 is 19.3 Å². The number of alkyl halides is 1. The van der Waals surface area contributed by atoms with Crippen molar-refractivity contribution in [1.29, 1.82) is 0 Å². The molecular weight excluding hydrogens is 661 g/mol. The SMILES string of the molecule is CC(C)C(N)C(=O)OCC(C)(C)C(=O)SCCOP(=O)(CCc1ccccc1)OC[C@H]1O[C@@H](n2ccc(=O)[nH]c2=O)[C@](C)(Cl)[C@@H]1O. The summed E-state index contributed by atoms with van der Waals surface area (Å²) in [6.07, 6.45) is -2.04. The van der Waals surface area contributed by atoms with Crippen LogP contribution in [0.1, 0.15) is 46.4 Å². The van der Waals surface area contributed by atoms with E-state index in [0.717, 1.165) is 28.0 Å². The van der Waals surface area contributed by atoms with Gasteiger partial charge < -0.3 is 29.4 Å². The molecule has 2 heterocycles. The van der Waals surface area contributed by atoms with Crippen molar-refractivity contribution in [2.45, 2.75) is 70.4 Å². The van der Waals surface area contributed by atoms with Gasteiger partial charge in [-0.2, -0.15) is 0 Å². The zero-order chi connectivity index (χ0) is 34.3. The van der Waals surface area contributed by atoms with Gasteiger partial charge in [-0.05, 0) is 38.7 Å². The Labute approximate surface area is 277 Å². The molecule has 1 aliphatic rings. The Balaban J connectivity index is 1.63. The maximum atomic E-state index is 13.9. The fourth-order valence-electron chi connectivity index (χ4n) is 4.41. The van der Waals surface area contributed by atoms with Crippen molar-refractivity contribution in [1.82, 2.24) is 9.55 Å². The van der Waals surface area contributed by atoms with Gasteiger partial charge in [0, 0.05) is 18.0 Å². The summed E-state index contributed by atoms with van der Waals surface area (Å²) in [6, 6.07) is 9.64. The number of aromatic nitrogens is 2. The highest BCUT2D eigenvalue weighted by Crippen LogP contribution is 2.50. The Morgan fingerprint density at radius 3 is 2.52 bits per heavy atom. The van der Waals surface area contributed by atoms with Crippen molar-refractivity contribution in [2.75, 3.05) is 31.7 Å². The zero-order valence-corrected chi connectivity index (χ0v) is 29.0. The monoisotopic (exact) mass is 703 g/mol. The number of nitrogens with two attached hydrogens (primary N) is 1. The molecule has 2 aromatic rings. The average molecular weight is 704 g/mol. The van der Waals surface area contributed by atoms with E-state index in [-0.39, 0.29) is 42.8 Å². The Morgan fingerprint density at radius 2 is 1.89 bits per heavy atom. The second-order valence-corrected chi connectivity index (χ2v) is 16.3. The number of halogens is 1. The summed E-state index contributed by atoms with van der Waals surface area (Å²) in [5.74, 6) is -0.550. The Kier molecular flexibility index (Phi) is 13.4. The van der Waals surface area contributed by atoms with E-state index in [1.807, 2.05) is 30.3 Å². The number of rotatable bonds is 16. The standard InChI is InChI=1S/C30H43ClN3O10PS/c1-19(2)23(32)25(37)41-18-29(3,4)27(38)46-16-14-42-45(40,15-12-20-9-7-6-8-10-20)43-17-21-24(36)30(5,31)26(44-21)34-13-11-22(35)33-28(34)39/h6-11,13,19,21,23-24,26,36H,12,14-18,32H2,1-5H3,(H,33,35,39)/t21-,23?,24-,26-,30-,45?/m1/s1. The molecule has 3 rings (SSSR count). The van der Waals surface area contributed by atoms with Crippen molar-refractivity contribution in [3.05, 3.63) is 69.0 Å². The largest absolute Gasteiger partial charge is 0.463 e. The molecule has 1 fully saturated rings. The van der Waals surface area contributed by atoms with E-state index in [9.17, 15) is 28.8 Å². The van der Waals surface area contributed by atoms with Gasteiger partial charge in [0.2, 0.25) is 0 Å². The van der Waals surface area contributed by atoms with Crippen LogP contribution >= 0.6 is 31.0 Å². The molecule has 0 bridgehead atoms. The lowest BCUT2D eigenvalue weighted by atomic mass is 9.97. The van der Waals surface area contributed by atoms with E-state index in [1.165, 1.54) is 13.1 Å². The summed E-state index contributed by atoms with van der Waals surface area (Å²) >= 11 is 7.55. The molecular formula is C30H43ClN3O10PS. The summed E-state index contributed by atoms with van der Waals surface area (Å²) in [5.41, 5.74) is 4.34. The number of nitrogens with one attached hydrogen (secondary N) is 1. The third-order valence-electron chi connectivity index (χ3n) is 7.50. The third-order valence-corrected chi connectivity index (χ3v) is 11.0. The maximum Gasteiger partial charge on any atom is 0.331 e. The molecule has 1 aromatic heterocycles. The number of ether oxygens (including phenoxy) is 2. The number of hydrogen-bond donors (Lipinski definition) is 3. The molecule has 4 N–H and O–H groups in total. The van der Waals surface area contributed by atoms with Crippen molar-refractivity contribution >= 4 is 42.0 Å². The number of benzene rings is 1. The van der Waals surface area contributed by atoms with Gasteiger partial charge in [-0.25, -0.2) is 4.79 Å². The fourth-order valence-corrected chi connectivity index (χ4v) is 7.24. The van der Waals surface area contributed by atoms with Gasteiger partial charge in [0.25, 0.3) is 5.56 Å². The van der Waals surface area contributed by atoms with Gasteiger partial charge in [0.15, 0.2) is 11.3 Å². The molecule has 256 valence electrons. The molecule has 6 atom stereocenters. The minimum Gasteiger partial charge on any atom is -0.463 e. The predicted molar refractivity (Wildman–Crippen MR) is 175 cm³/mol. The number of carbonyl (C=O) groups excluding carboxylic acids is 2. The van der Waals surface area contributed by atoms with E-state index in [0.29, 0.717) is 6.42 Å². The molecule has 0 saturated carbocycles. The molecule has 0 amide bonds. The summed E-state index contributed by atoms with van der Waals surface area (Å²) in [5, 5.41) is 10.7. The molecule has 13 nitrogen and oxygen atoms in total. The second-order valence-electron chi connectivity index (χ2n) is 12.2. The smallest absolute Gasteiger partial charge is 0.331 e. The maximum absolute atomic E-state index is 13.9. The van der Waals surface area contributed by atoms with Gasteiger partial charge in [0.1, 0.15) is 29.7 Å². The molecule has 1 aromatic carbocycles. The fraction of sp³-hybridized carbons (Fsp3) is 0.600. The van der Waals surface area contributed by atoms with Crippen LogP contribution in [0.5, 0.6) is 0 Å². The van der Waals surface area contributed by atoms with Crippen molar-refractivity contribution in [3.8, 4) is 0 Å². The molecule has 2 unspecified atom stereocenters. The third kappa shape index (κ3) is 10.1. The average Bonchev–Trinajstić information content (AvgIpc) is 3.23. The molecule has 46 heavy (non-hydrogen) atoms. The van der Waals surface area contributed by atoms with E-state index in [1.54, 1.807) is 27.7 Å². The van der Waals surface area contributed by atoms with E-state index in [2.05, 4.69) is 4.98 Å². The van der Waals surface area contributed by atoms with E-state index >= 15 is 0 Å². The van der Waals surface area contributed by atoms with Crippen LogP contribution in [-0.2, 0) is 39.1 Å². The number of aliphatic hydroxyl groups excluding tert-OH is 1. The van der Waals surface area contributed by atoms with Gasteiger partial charge in [-0.15, -0.1) is 11.6 Å². The highest BCUT2D eigenvalue weighted by atomic mass is 35.5. The van der Waals surface area contributed by atoms with Gasteiger partial charge in [0.05, 0.1) is 24.8 Å². The van der Waals surface area contributed by atoms with Gasteiger partial charge in [-0.1, -0.05) is 55.9 Å². The Hall–Kier alpha value is -2.29. The zero-order valence-electron chi connectivity index (χ0n) is 26.6. The first-order valence-electron chi connectivity index (χ1n) is 14.8. The summed E-state index contributed by atoms with van der Waals surface area (Å²) < 4.78 is 37.7. The van der Waals surface area contributed by atoms with Crippen LogP contribution in [0.2, 0.25) is 0 Å².